The number of carbonyl (C=O) groups excluding carboxylic acids is 1. The standard InChI is InChI=1S/C28H25NO6/c1-31-23-12-16-9-10-29-22(20(16)14-25(23)33-3)11-17-13-24(32-2)26(34-4)15-21(17)27-18-7-5-6-8-19(18)28(30)35-27/h5-10,12-15,27H,11H2,1-4H3/t27-/m1/s1. The van der Waals surface area contributed by atoms with Crippen LogP contribution in [0.25, 0.3) is 10.8 Å². The summed E-state index contributed by atoms with van der Waals surface area (Å²) in [5.41, 5.74) is 3.96. The van der Waals surface area contributed by atoms with Crippen molar-refractivity contribution in [3.8, 4) is 23.0 Å². The van der Waals surface area contributed by atoms with E-state index in [1.807, 2.05) is 48.5 Å². The zero-order chi connectivity index (χ0) is 24.5. The van der Waals surface area contributed by atoms with E-state index in [2.05, 4.69) is 4.98 Å². The van der Waals surface area contributed by atoms with Crippen LogP contribution in [0.1, 0.15) is 38.8 Å². The van der Waals surface area contributed by atoms with Crippen molar-refractivity contribution in [1.82, 2.24) is 4.98 Å². The highest BCUT2D eigenvalue weighted by Gasteiger charge is 2.34. The minimum absolute atomic E-state index is 0.341. The molecule has 0 radical (unpaired) electrons. The molecule has 7 nitrogen and oxygen atoms in total. The second-order valence-corrected chi connectivity index (χ2v) is 8.14. The highest BCUT2D eigenvalue weighted by atomic mass is 16.5. The molecule has 0 amide bonds. The Kier molecular flexibility index (Phi) is 5.91. The highest BCUT2D eigenvalue weighted by Crippen LogP contribution is 2.42. The van der Waals surface area contributed by atoms with Crippen LogP contribution in [0.4, 0.5) is 0 Å². The first-order valence-corrected chi connectivity index (χ1v) is 11.1. The maximum Gasteiger partial charge on any atom is 0.339 e. The smallest absolute Gasteiger partial charge is 0.339 e. The average molecular weight is 472 g/mol. The molecule has 0 N–H and O–H groups in total. The molecule has 4 aromatic rings. The molecule has 1 aliphatic heterocycles. The van der Waals surface area contributed by atoms with Crippen molar-refractivity contribution in [3.63, 3.8) is 0 Å². The van der Waals surface area contributed by atoms with Crippen molar-refractivity contribution in [2.75, 3.05) is 28.4 Å². The summed E-state index contributed by atoms with van der Waals surface area (Å²) < 4.78 is 28.0. The Bertz CT molecular complexity index is 1430. The van der Waals surface area contributed by atoms with Crippen molar-refractivity contribution in [1.29, 1.82) is 0 Å². The Hall–Kier alpha value is -4.26. The lowest BCUT2D eigenvalue weighted by atomic mass is 9.92. The molecular formula is C28H25NO6. The van der Waals surface area contributed by atoms with E-state index in [-0.39, 0.29) is 5.97 Å². The third-order valence-electron chi connectivity index (χ3n) is 6.32. The van der Waals surface area contributed by atoms with Crippen LogP contribution in [0.2, 0.25) is 0 Å². The number of rotatable bonds is 7. The molecule has 1 atom stereocenters. The maximum absolute atomic E-state index is 12.6. The minimum atomic E-state index is -0.557. The van der Waals surface area contributed by atoms with Crippen LogP contribution in [-0.4, -0.2) is 39.4 Å². The molecule has 35 heavy (non-hydrogen) atoms. The summed E-state index contributed by atoms with van der Waals surface area (Å²) in [7, 11) is 6.40. The van der Waals surface area contributed by atoms with Crippen LogP contribution >= 0.6 is 0 Å². The van der Waals surface area contributed by atoms with Crippen LogP contribution in [0.15, 0.2) is 60.8 Å². The molecule has 0 aliphatic carbocycles. The number of esters is 1. The molecule has 1 aliphatic rings. The summed E-state index contributed by atoms with van der Waals surface area (Å²) in [4.78, 5) is 17.3. The first-order valence-electron chi connectivity index (χ1n) is 11.1. The zero-order valence-electron chi connectivity index (χ0n) is 20.0. The van der Waals surface area contributed by atoms with Crippen molar-refractivity contribution >= 4 is 16.7 Å². The first kappa shape index (κ1) is 22.5. The fourth-order valence-corrected chi connectivity index (χ4v) is 4.59. The topological polar surface area (TPSA) is 76.1 Å². The molecule has 0 spiro atoms. The largest absolute Gasteiger partial charge is 0.493 e. The van der Waals surface area contributed by atoms with Gasteiger partial charge in [-0.25, -0.2) is 4.79 Å². The summed E-state index contributed by atoms with van der Waals surface area (Å²) in [5.74, 6) is 2.08. The van der Waals surface area contributed by atoms with Crippen molar-refractivity contribution in [2.45, 2.75) is 12.5 Å². The van der Waals surface area contributed by atoms with Crippen molar-refractivity contribution in [3.05, 3.63) is 88.7 Å². The lowest BCUT2D eigenvalue weighted by molar-refractivity contribution is 0.0454. The van der Waals surface area contributed by atoms with E-state index in [0.717, 1.165) is 33.2 Å². The van der Waals surface area contributed by atoms with E-state index < -0.39 is 6.10 Å². The van der Waals surface area contributed by atoms with E-state index in [9.17, 15) is 4.79 Å². The number of benzene rings is 3. The predicted molar refractivity (Wildman–Crippen MR) is 131 cm³/mol. The van der Waals surface area contributed by atoms with Gasteiger partial charge in [-0.1, -0.05) is 18.2 Å². The predicted octanol–water partition coefficient (Wildman–Crippen LogP) is 5.12. The number of ether oxygens (including phenoxy) is 5. The number of methoxy groups -OCH3 is 4. The number of carbonyl (C=O) groups is 1. The number of pyridine rings is 1. The number of cyclic esters (lactones) is 1. The SMILES string of the molecule is COc1cc(Cc2nccc3cc(OC)c(OC)cc23)c([C@@H]2OC(=O)c3ccccc32)cc1OC. The van der Waals surface area contributed by atoms with Gasteiger partial charge in [-0.15, -0.1) is 0 Å². The minimum Gasteiger partial charge on any atom is -0.493 e. The number of hydrogen-bond acceptors (Lipinski definition) is 7. The van der Waals surface area contributed by atoms with Crippen LogP contribution in [-0.2, 0) is 11.2 Å². The van der Waals surface area contributed by atoms with Gasteiger partial charge in [-0.05, 0) is 47.3 Å². The quantitative estimate of drug-likeness (QED) is 0.346. The number of hydrogen-bond donors (Lipinski definition) is 0. The van der Waals surface area contributed by atoms with Crippen LogP contribution < -0.4 is 18.9 Å². The van der Waals surface area contributed by atoms with Crippen LogP contribution in [0.3, 0.4) is 0 Å². The lowest BCUT2D eigenvalue weighted by Gasteiger charge is -2.20. The van der Waals surface area contributed by atoms with E-state index in [4.69, 9.17) is 23.7 Å². The van der Waals surface area contributed by atoms with Gasteiger partial charge in [-0.2, -0.15) is 0 Å². The fraction of sp³-hybridized carbons (Fsp3) is 0.214. The Morgan fingerprint density at radius 2 is 1.46 bits per heavy atom. The second kappa shape index (κ2) is 9.18. The van der Waals surface area contributed by atoms with Gasteiger partial charge in [0.2, 0.25) is 0 Å². The summed E-state index contributed by atoms with van der Waals surface area (Å²) in [5, 5.41) is 1.92. The van der Waals surface area contributed by atoms with Gasteiger partial charge >= 0.3 is 5.97 Å². The molecular weight excluding hydrogens is 446 g/mol. The Morgan fingerprint density at radius 1 is 0.800 bits per heavy atom. The molecule has 178 valence electrons. The van der Waals surface area contributed by atoms with Gasteiger partial charge in [0.05, 0.1) is 39.7 Å². The normalized spacial score (nSPS) is 14.4. The fourth-order valence-electron chi connectivity index (χ4n) is 4.59. The summed E-state index contributed by atoms with van der Waals surface area (Å²) in [6.45, 7) is 0. The van der Waals surface area contributed by atoms with Gasteiger partial charge in [0.15, 0.2) is 29.1 Å². The first-order chi connectivity index (χ1) is 17.1. The average Bonchev–Trinajstić information content (AvgIpc) is 3.24. The molecule has 2 heterocycles. The molecule has 0 fully saturated rings. The lowest BCUT2D eigenvalue weighted by Crippen LogP contribution is -2.08. The monoisotopic (exact) mass is 471 g/mol. The van der Waals surface area contributed by atoms with Gasteiger partial charge in [0, 0.05) is 29.1 Å². The molecule has 3 aromatic carbocycles. The summed E-state index contributed by atoms with van der Waals surface area (Å²) in [6, 6.07) is 17.0. The van der Waals surface area contributed by atoms with Crippen LogP contribution in [0.5, 0.6) is 23.0 Å². The van der Waals surface area contributed by atoms with Gasteiger partial charge in [0.1, 0.15) is 0 Å². The molecule has 0 saturated carbocycles. The van der Waals surface area contributed by atoms with Gasteiger partial charge < -0.3 is 23.7 Å². The molecule has 5 rings (SSSR count). The summed E-state index contributed by atoms with van der Waals surface area (Å²) in [6.07, 6.45) is 1.69. The molecule has 0 saturated heterocycles. The van der Waals surface area contributed by atoms with E-state index in [0.29, 0.717) is 35.0 Å². The zero-order valence-corrected chi connectivity index (χ0v) is 20.0. The Balaban J connectivity index is 1.67. The van der Waals surface area contributed by atoms with E-state index in [1.54, 1.807) is 40.7 Å². The highest BCUT2D eigenvalue weighted by molar-refractivity contribution is 5.94. The maximum atomic E-state index is 12.6. The van der Waals surface area contributed by atoms with Crippen molar-refractivity contribution in [2.24, 2.45) is 0 Å². The van der Waals surface area contributed by atoms with Gasteiger partial charge in [0.25, 0.3) is 0 Å². The number of fused-ring (bicyclic) bond motifs is 2. The third-order valence-corrected chi connectivity index (χ3v) is 6.32. The van der Waals surface area contributed by atoms with Gasteiger partial charge in [-0.3, -0.25) is 4.98 Å². The number of aromatic nitrogens is 1. The third kappa shape index (κ3) is 3.89. The molecule has 0 unspecified atom stereocenters. The van der Waals surface area contributed by atoms with Crippen LogP contribution in [0, 0.1) is 0 Å². The van der Waals surface area contributed by atoms with Crippen molar-refractivity contribution < 1.29 is 28.5 Å². The number of nitrogens with zero attached hydrogens (tertiary/aromatic N) is 1. The Morgan fingerprint density at radius 3 is 2.20 bits per heavy atom. The molecule has 0 bridgehead atoms. The van der Waals surface area contributed by atoms with E-state index in [1.165, 1.54) is 0 Å². The molecule has 1 aromatic heterocycles. The summed E-state index contributed by atoms with van der Waals surface area (Å²) >= 11 is 0. The molecule has 7 heteroatoms. The second-order valence-electron chi connectivity index (χ2n) is 8.14. The van der Waals surface area contributed by atoms with E-state index >= 15 is 0 Å². The Labute approximate surface area is 203 Å².